The molecule has 1 aromatic rings. The van der Waals surface area contributed by atoms with Gasteiger partial charge < -0.3 is 19.3 Å². The van der Waals surface area contributed by atoms with Crippen molar-refractivity contribution in [1.29, 1.82) is 0 Å². The molecule has 1 atom stereocenters. The number of carbonyl (C=O) groups excluding carboxylic acids is 1. The first-order valence-electron chi connectivity index (χ1n) is 7.33. The molecule has 7 heteroatoms. The van der Waals surface area contributed by atoms with Crippen molar-refractivity contribution in [3.05, 3.63) is 23.3 Å². The molecule has 1 N–H and O–H groups in total. The number of rotatable bonds is 3. The Bertz CT molecular complexity index is 627. The molecule has 2 aliphatic rings. The SMILES string of the molecule is COC(=O)[C@@]1(O)Cc2c(OC)ccc(OC)c2C2(C1)SCCS2. The van der Waals surface area contributed by atoms with Crippen molar-refractivity contribution in [2.24, 2.45) is 0 Å². The van der Waals surface area contributed by atoms with Crippen molar-refractivity contribution in [2.75, 3.05) is 32.8 Å². The minimum atomic E-state index is -1.55. The third-order valence-corrected chi connectivity index (χ3v) is 7.78. The number of esters is 1. The summed E-state index contributed by atoms with van der Waals surface area (Å²) in [6.45, 7) is 0. The van der Waals surface area contributed by atoms with Gasteiger partial charge in [-0.1, -0.05) is 0 Å². The number of methoxy groups -OCH3 is 3. The minimum Gasteiger partial charge on any atom is -0.496 e. The van der Waals surface area contributed by atoms with Gasteiger partial charge in [0.25, 0.3) is 0 Å². The topological polar surface area (TPSA) is 65.0 Å². The van der Waals surface area contributed by atoms with Crippen LogP contribution < -0.4 is 9.47 Å². The van der Waals surface area contributed by atoms with Crippen LogP contribution in [0.3, 0.4) is 0 Å². The van der Waals surface area contributed by atoms with Crippen LogP contribution in [-0.4, -0.2) is 49.5 Å². The summed E-state index contributed by atoms with van der Waals surface area (Å²) in [6.07, 6.45) is 0.469. The Morgan fingerprint density at radius 1 is 1.13 bits per heavy atom. The van der Waals surface area contributed by atoms with Crippen LogP contribution in [-0.2, 0) is 20.0 Å². The van der Waals surface area contributed by atoms with E-state index in [1.807, 2.05) is 12.1 Å². The first-order chi connectivity index (χ1) is 11.0. The Morgan fingerprint density at radius 3 is 2.30 bits per heavy atom. The Balaban J connectivity index is 2.23. The number of benzene rings is 1. The van der Waals surface area contributed by atoms with Gasteiger partial charge in [0.05, 0.1) is 25.4 Å². The second-order valence-corrected chi connectivity index (χ2v) is 8.70. The first kappa shape index (κ1) is 16.8. The third kappa shape index (κ3) is 2.58. The van der Waals surface area contributed by atoms with Crippen molar-refractivity contribution in [3.8, 4) is 11.5 Å². The van der Waals surface area contributed by atoms with Gasteiger partial charge in [-0.3, -0.25) is 0 Å². The zero-order chi connectivity index (χ0) is 16.7. The van der Waals surface area contributed by atoms with E-state index in [1.165, 1.54) is 7.11 Å². The van der Waals surface area contributed by atoms with Crippen LogP contribution in [0.15, 0.2) is 12.1 Å². The summed E-state index contributed by atoms with van der Waals surface area (Å²) in [5.74, 6) is 2.76. The lowest BCUT2D eigenvalue weighted by Gasteiger charge is -2.42. The molecule has 0 radical (unpaired) electrons. The highest BCUT2D eigenvalue weighted by atomic mass is 32.2. The Kier molecular flexibility index (Phi) is 4.46. The molecule has 5 nitrogen and oxygen atoms in total. The maximum absolute atomic E-state index is 12.2. The quantitative estimate of drug-likeness (QED) is 0.833. The normalized spacial score (nSPS) is 25.0. The smallest absolute Gasteiger partial charge is 0.338 e. The van der Waals surface area contributed by atoms with Crippen LogP contribution >= 0.6 is 23.5 Å². The molecule has 3 rings (SSSR count). The molecule has 1 aliphatic heterocycles. The molecular weight excluding hydrogens is 336 g/mol. The van der Waals surface area contributed by atoms with Crippen LogP contribution in [0.5, 0.6) is 11.5 Å². The lowest BCUT2D eigenvalue weighted by atomic mass is 9.78. The second-order valence-electron chi connectivity index (χ2n) is 5.65. The number of aliphatic hydroxyl groups is 1. The van der Waals surface area contributed by atoms with Gasteiger partial charge in [0.15, 0.2) is 5.60 Å². The van der Waals surface area contributed by atoms with E-state index >= 15 is 0 Å². The molecule has 1 saturated heterocycles. The number of ether oxygens (including phenoxy) is 3. The number of thioether (sulfide) groups is 2. The average molecular weight is 356 g/mol. The number of hydrogen-bond acceptors (Lipinski definition) is 7. The van der Waals surface area contributed by atoms with Crippen molar-refractivity contribution in [2.45, 2.75) is 22.5 Å². The van der Waals surface area contributed by atoms with E-state index in [-0.39, 0.29) is 6.42 Å². The predicted octanol–water partition coefficient (Wildman–Crippen LogP) is 2.19. The maximum Gasteiger partial charge on any atom is 0.338 e. The summed E-state index contributed by atoms with van der Waals surface area (Å²) in [5, 5.41) is 11.0. The van der Waals surface area contributed by atoms with Crippen LogP contribution in [0.25, 0.3) is 0 Å². The van der Waals surface area contributed by atoms with E-state index < -0.39 is 15.6 Å². The lowest BCUT2D eigenvalue weighted by Crippen LogP contribution is -2.49. The predicted molar refractivity (Wildman–Crippen MR) is 91.4 cm³/mol. The van der Waals surface area contributed by atoms with Crippen molar-refractivity contribution in [3.63, 3.8) is 0 Å². The number of carbonyl (C=O) groups is 1. The van der Waals surface area contributed by atoms with Gasteiger partial charge in [-0.15, -0.1) is 23.5 Å². The minimum absolute atomic E-state index is 0.165. The highest BCUT2D eigenvalue weighted by molar-refractivity contribution is 8.20. The molecule has 0 amide bonds. The number of hydrogen-bond donors (Lipinski definition) is 1. The van der Waals surface area contributed by atoms with E-state index in [0.717, 1.165) is 28.4 Å². The summed E-state index contributed by atoms with van der Waals surface area (Å²) >= 11 is 3.49. The largest absolute Gasteiger partial charge is 0.496 e. The molecule has 0 bridgehead atoms. The van der Waals surface area contributed by atoms with Crippen LogP contribution in [0.4, 0.5) is 0 Å². The van der Waals surface area contributed by atoms with Gasteiger partial charge in [-0.2, -0.15) is 0 Å². The van der Waals surface area contributed by atoms with Gasteiger partial charge in [0.1, 0.15) is 11.5 Å². The van der Waals surface area contributed by atoms with Crippen LogP contribution in [0, 0.1) is 0 Å². The van der Waals surface area contributed by atoms with Crippen molar-refractivity contribution in [1.82, 2.24) is 0 Å². The average Bonchev–Trinajstić information content (AvgIpc) is 3.01. The van der Waals surface area contributed by atoms with E-state index in [0.29, 0.717) is 12.2 Å². The van der Waals surface area contributed by atoms with Crippen molar-refractivity contribution >= 4 is 29.5 Å². The molecule has 1 heterocycles. The van der Waals surface area contributed by atoms with Gasteiger partial charge in [0, 0.05) is 35.5 Å². The van der Waals surface area contributed by atoms with Gasteiger partial charge in [-0.05, 0) is 12.1 Å². The highest BCUT2D eigenvalue weighted by Crippen LogP contribution is 2.63. The van der Waals surface area contributed by atoms with E-state index in [4.69, 9.17) is 14.2 Å². The zero-order valence-electron chi connectivity index (χ0n) is 13.4. The van der Waals surface area contributed by atoms with E-state index in [1.54, 1.807) is 37.7 Å². The summed E-state index contributed by atoms with van der Waals surface area (Å²) in [6, 6.07) is 3.71. The molecule has 1 spiro atoms. The summed E-state index contributed by atoms with van der Waals surface area (Å²) in [5.41, 5.74) is 0.305. The van der Waals surface area contributed by atoms with Crippen molar-refractivity contribution < 1.29 is 24.1 Å². The molecule has 126 valence electrons. The van der Waals surface area contributed by atoms with Gasteiger partial charge in [0.2, 0.25) is 0 Å². The first-order valence-corrected chi connectivity index (χ1v) is 9.30. The summed E-state index contributed by atoms with van der Waals surface area (Å²) < 4.78 is 15.5. The standard InChI is InChI=1S/C16H20O5S2/c1-19-11-4-5-12(20-2)13-10(11)8-15(18,14(17)21-3)9-16(13)22-6-7-23-16/h4-5,18H,6-9H2,1-3H3/t15-/m1/s1. The molecule has 0 unspecified atom stereocenters. The Morgan fingerprint density at radius 2 is 1.74 bits per heavy atom. The molecule has 1 aliphatic carbocycles. The third-order valence-electron chi connectivity index (χ3n) is 4.37. The fourth-order valence-electron chi connectivity index (χ4n) is 3.43. The van der Waals surface area contributed by atoms with Gasteiger partial charge in [-0.25, -0.2) is 4.79 Å². The molecule has 1 fully saturated rings. The van der Waals surface area contributed by atoms with Crippen LogP contribution in [0.2, 0.25) is 0 Å². The lowest BCUT2D eigenvalue weighted by molar-refractivity contribution is -0.163. The monoisotopic (exact) mass is 356 g/mol. The summed E-state index contributed by atoms with van der Waals surface area (Å²) in [7, 11) is 4.54. The fourth-order valence-corrected chi connectivity index (χ4v) is 7.00. The molecule has 0 aromatic heterocycles. The Labute approximate surface area is 144 Å². The fraction of sp³-hybridized carbons (Fsp3) is 0.562. The van der Waals surface area contributed by atoms with Crippen LogP contribution in [0.1, 0.15) is 17.5 Å². The highest BCUT2D eigenvalue weighted by Gasteiger charge is 2.55. The molecule has 1 aromatic carbocycles. The van der Waals surface area contributed by atoms with E-state index in [2.05, 4.69) is 0 Å². The van der Waals surface area contributed by atoms with Gasteiger partial charge >= 0.3 is 5.97 Å². The maximum atomic E-state index is 12.2. The molecular formula is C16H20O5S2. The number of fused-ring (bicyclic) bond motifs is 2. The van der Waals surface area contributed by atoms with E-state index in [9.17, 15) is 9.90 Å². The molecule has 23 heavy (non-hydrogen) atoms. The zero-order valence-corrected chi connectivity index (χ0v) is 15.0. The second kappa shape index (κ2) is 6.11. The summed E-state index contributed by atoms with van der Waals surface area (Å²) in [4.78, 5) is 12.2. The Hall–Kier alpha value is -1.05. The molecule has 0 saturated carbocycles.